The Morgan fingerprint density at radius 1 is 1.03 bits per heavy atom. The van der Waals surface area contributed by atoms with Crippen molar-refractivity contribution < 1.29 is 19.4 Å². The Kier molecular flexibility index (Phi) is 8.35. The number of hydrogen-bond donors (Lipinski definition) is 2. The maximum Gasteiger partial charge on any atom is 0.305 e. The van der Waals surface area contributed by atoms with Crippen molar-refractivity contribution in [3.05, 3.63) is 93.8 Å². The monoisotopic (exact) mass is 565 g/mol. The summed E-state index contributed by atoms with van der Waals surface area (Å²) in [4.78, 5) is 30.0. The van der Waals surface area contributed by atoms with Crippen molar-refractivity contribution in [2.24, 2.45) is 0 Å². The first-order valence-electron chi connectivity index (χ1n) is 11.1. The van der Waals surface area contributed by atoms with Gasteiger partial charge in [0.15, 0.2) is 5.13 Å². The van der Waals surface area contributed by atoms with E-state index in [1.54, 1.807) is 30.6 Å². The number of carbonyl (C=O) groups excluding carboxylic acids is 1. The molecule has 0 fully saturated rings. The number of halogens is 1. The number of nitrogens with one attached hydrogen (secondary N) is 1. The SMILES string of the molecule is COc1ccc(N(Cc2ccc(C(=O)NCCC(=O)O)cc2)c2nc(-c3ccc(Br)cc3)cs2)cc1. The fraction of sp³-hybridized carbons (Fsp3) is 0.148. The molecule has 0 bridgehead atoms. The minimum Gasteiger partial charge on any atom is -0.497 e. The van der Waals surface area contributed by atoms with E-state index in [4.69, 9.17) is 14.8 Å². The first-order chi connectivity index (χ1) is 17.4. The van der Waals surface area contributed by atoms with Crippen LogP contribution >= 0.6 is 27.3 Å². The number of carboxylic acid groups (broad SMARTS) is 1. The van der Waals surface area contributed by atoms with Crippen LogP contribution in [0.5, 0.6) is 5.75 Å². The van der Waals surface area contributed by atoms with Crippen LogP contribution in [0, 0.1) is 0 Å². The van der Waals surface area contributed by atoms with Crippen LogP contribution in [-0.4, -0.2) is 35.6 Å². The molecule has 1 aromatic heterocycles. The number of nitrogens with zero attached hydrogens (tertiary/aromatic N) is 2. The number of rotatable bonds is 10. The van der Waals surface area contributed by atoms with Crippen molar-refractivity contribution in [3.8, 4) is 17.0 Å². The zero-order chi connectivity index (χ0) is 25.5. The third-order valence-corrected chi connectivity index (χ3v) is 6.82. The van der Waals surface area contributed by atoms with Crippen LogP contribution in [0.3, 0.4) is 0 Å². The topological polar surface area (TPSA) is 91.8 Å². The quantitative estimate of drug-likeness (QED) is 0.240. The second-order valence-corrected chi connectivity index (χ2v) is 9.66. The molecule has 0 unspecified atom stereocenters. The Hall–Kier alpha value is -3.69. The molecule has 36 heavy (non-hydrogen) atoms. The van der Waals surface area contributed by atoms with E-state index >= 15 is 0 Å². The number of methoxy groups -OCH3 is 1. The number of thiazole rings is 1. The summed E-state index contributed by atoms with van der Waals surface area (Å²) in [7, 11) is 1.64. The van der Waals surface area contributed by atoms with E-state index < -0.39 is 5.97 Å². The lowest BCUT2D eigenvalue weighted by atomic mass is 10.1. The van der Waals surface area contributed by atoms with Gasteiger partial charge in [0.05, 0.1) is 25.8 Å². The number of amides is 1. The lowest BCUT2D eigenvalue weighted by Crippen LogP contribution is -2.26. The number of aliphatic carboxylic acids is 1. The summed E-state index contributed by atoms with van der Waals surface area (Å²) in [5.41, 5.74) is 4.37. The summed E-state index contributed by atoms with van der Waals surface area (Å²) in [5.74, 6) is -0.477. The first kappa shape index (κ1) is 25.4. The van der Waals surface area contributed by atoms with Crippen molar-refractivity contribution in [2.45, 2.75) is 13.0 Å². The van der Waals surface area contributed by atoms with Gasteiger partial charge in [0, 0.05) is 33.2 Å². The van der Waals surface area contributed by atoms with E-state index in [0.717, 1.165) is 37.9 Å². The summed E-state index contributed by atoms with van der Waals surface area (Å²) in [6.07, 6.45) is -0.114. The Morgan fingerprint density at radius 2 is 1.72 bits per heavy atom. The predicted octanol–water partition coefficient (Wildman–Crippen LogP) is 6.12. The average Bonchev–Trinajstić information content (AvgIpc) is 3.38. The molecule has 9 heteroatoms. The molecule has 3 aromatic carbocycles. The number of carbonyl (C=O) groups is 2. The van der Waals surface area contributed by atoms with Crippen LogP contribution in [0.1, 0.15) is 22.3 Å². The Morgan fingerprint density at radius 3 is 2.36 bits per heavy atom. The van der Waals surface area contributed by atoms with Crippen molar-refractivity contribution >= 4 is 50.0 Å². The minimum absolute atomic E-state index is 0.0892. The number of hydrogen-bond acceptors (Lipinski definition) is 6. The van der Waals surface area contributed by atoms with Gasteiger partial charge in [0.1, 0.15) is 5.75 Å². The van der Waals surface area contributed by atoms with Gasteiger partial charge in [-0.1, -0.05) is 40.2 Å². The number of benzene rings is 3. The zero-order valence-corrected chi connectivity index (χ0v) is 21.9. The molecule has 1 amide bonds. The second kappa shape index (κ2) is 11.8. The number of anilines is 2. The molecule has 0 saturated carbocycles. The largest absolute Gasteiger partial charge is 0.497 e. The molecular formula is C27H24BrN3O4S. The molecule has 4 aromatic rings. The Balaban J connectivity index is 1.56. The molecule has 0 saturated heterocycles. The number of carboxylic acids is 1. The van der Waals surface area contributed by atoms with E-state index in [-0.39, 0.29) is 18.9 Å². The maximum absolute atomic E-state index is 12.3. The van der Waals surface area contributed by atoms with E-state index in [1.165, 1.54) is 0 Å². The third-order valence-electron chi connectivity index (χ3n) is 5.43. The first-order valence-corrected chi connectivity index (χ1v) is 12.8. The van der Waals surface area contributed by atoms with Gasteiger partial charge in [-0.05, 0) is 54.1 Å². The highest BCUT2D eigenvalue weighted by Gasteiger charge is 2.16. The minimum atomic E-state index is -0.949. The molecule has 7 nitrogen and oxygen atoms in total. The molecule has 0 aliphatic heterocycles. The van der Waals surface area contributed by atoms with Crippen LogP contribution in [0.25, 0.3) is 11.3 Å². The lowest BCUT2D eigenvalue weighted by Gasteiger charge is -2.22. The van der Waals surface area contributed by atoms with Crippen molar-refractivity contribution in [1.82, 2.24) is 10.3 Å². The van der Waals surface area contributed by atoms with Crippen LogP contribution in [0.2, 0.25) is 0 Å². The standard InChI is InChI=1S/C27H24BrN3O4S/c1-35-23-12-10-22(11-13-23)31(27-30-24(17-36-27)19-6-8-21(28)9-7-19)16-18-2-4-20(5-3-18)26(34)29-15-14-25(32)33/h2-13,17H,14-16H2,1H3,(H,29,34)(H,32,33). The Bertz CT molecular complexity index is 1320. The highest BCUT2D eigenvalue weighted by atomic mass is 79.9. The van der Waals surface area contributed by atoms with Crippen molar-refractivity contribution in [3.63, 3.8) is 0 Å². The van der Waals surface area contributed by atoms with Crippen molar-refractivity contribution in [1.29, 1.82) is 0 Å². The maximum atomic E-state index is 12.3. The van der Waals surface area contributed by atoms with Gasteiger partial charge in [-0.3, -0.25) is 9.59 Å². The summed E-state index contributed by atoms with van der Waals surface area (Å²) in [6.45, 7) is 0.631. The summed E-state index contributed by atoms with van der Waals surface area (Å²) >= 11 is 5.03. The normalized spacial score (nSPS) is 10.6. The second-order valence-electron chi connectivity index (χ2n) is 7.90. The van der Waals surface area contributed by atoms with Gasteiger partial charge in [-0.15, -0.1) is 11.3 Å². The van der Waals surface area contributed by atoms with Crippen LogP contribution < -0.4 is 15.0 Å². The molecule has 0 atom stereocenters. The highest BCUT2D eigenvalue weighted by molar-refractivity contribution is 9.10. The molecule has 2 N–H and O–H groups in total. The molecule has 184 valence electrons. The zero-order valence-electron chi connectivity index (χ0n) is 19.5. The van der Waals surface area contributed by atoms with Gasteiger partial charge in [0.25, 0.3) is 5.91 Å². The van der Waals surface area contributed by atoms with E-state index in [9.17, 15) is 9.59 Å². The van der Waals surface area contributed by atoms with Gasteiger partial charge < -0.3 is 20.1 Å². The van der Waals surface area contributed by atoms with Crippen LogP contribution in [-0.2, 0) is 11.3 Å². The summed E-state index contributed by atoms with van der Waals surface area (Å²) < 4.78 is 6.33. The van der Waals surface area contributed by atoms with Gasteiger partial charge in [-0.2, -0.15) is 0 Å². The average molecular weight is 566 g/mol. The van der Waals surface area contributed by atoms with Crippen LogP contribution in [0.4, 0.5) is 10.8 Å². The summed E-state index contributed by atoms with van der Waals surface area (Å²) in [6, 6.07) is 23.1. The smallest absolute Gasteiger partial charge is 0.305 e. The van der Waals surface area contributed by atoms with Gasteiger partial charge in [0.2, 0.25) is 0 Å². The van der Waals surface area contributed by atoms with E-state index in [0.29, 0.717) is 12.1 Å². The molecular weight excluding hydrogens is 542 g/mol. The fourth-order valence-corrected chi connectivity index (χ4v) is 4.62. The van der Waals surface area contributed by atoms with E-state index in [2.05, 4.69) is 26.1 Å². The molecule has 1 heterocycles. The summed E-state index contributed by atoms with van der Waals surface area (Å²) in [5, 5.41) is 14.2. The van der Waals surface area contributed by atoms with Crippen molar-refractivity contribution in [2.75, 3.05) is 18.6 Å². The third kappa shape index (κ3) is 6.50. The van der Waals surface area contributed by atoms with Gasteiger partial charge >= 0.3 is 5.97 Å². The lowest BCUT2D eigenvalue weighted by molar-refractivity contribution is -0.136. The molecule has 4 rings (SSSR count). The predicted molar refractivity (Wildman–Crippen MR) is 145 cm³/mol. The number of aromatic nitrogens is 1. The molecule has 0 aliphatic carbocycles. The van der Waals surface area contributed by atoms with E-state index in [1.807, 2.05) is 66.0 Å². The number of ether oxygens (including phenoxy) is 1. The Labute approximate surface area is 221 Å². The van der Waals surface area contributed by atoms with Crippen LogP contribution in [0.15, 0.2) is 82.6 Å². The molecule has 0 radical (unpaired) electrons. The van der Waals surface area contributed by atoms with Gasteiger partial charge in [-0.25, -0.2) is 4.98 Å². The fourth-order valence-electron chi connectivity index (χ4n) is 3.50. The highest BCUT2D eigenvalue weighted by Crippen LogP contribution is 2.34. The molecule has 0 spiro atoms. The molecule has 0 aliphatic rings.